The standard InChI is InChI=1S/C19H19FN4O/c20-18-9-4-3-7-16(18)13-22-19(25)21-12-15-6-1-2-8-17(15)14-24-11-5-10-23-24/h1-11H,12-14H2,(H2,21,22,25). The summed E-state index contributed by atoms with van der Waals surface area (Å²) < 4.78 is 15.4. The molecule has 2 N–H and O–H groups in total. The van der Waals surface area contributed by atoms with Gasteiger partial charge >= 0.3 is 6.03 Å². The van der Waals surface area contributed by atoms with Crippen molar-refractivity contribution in [3.63, 3.8) is 0 Å². The molecule has 0 aliphatic heterocycles. The van der Waals surface area contributed by atoms with Crippen molar-refractivity contribution in [2.75, 3.05) is 0 Å². The van der Waals surface area contributed by atoms with E-state index in [0.29, 0.717) is 18.7 Å². The van der Waals surface area contributed by atoms with E-state index < -0.39 is 0 Å². The normalized spacial score (nSPS) is 10.4. The van der Waals surface area contributed by atoms with Crippen molar-refractivity contribution < 1.29 is 9.18 Å². The van der Waals surface area contributed by atoms with Crippen LogP contribution in [0.25, 0.3) is 0 Å². The highest BCUT2D eigenvalue weighted by Crippen LogP contribution is 2.10. The van der Waals surface area contributed by atoms with Gasteiger partial charge in [-0.2, -0.15) is 5.10 Å². The third-order valence-electron chi connectivity index (χ3n) is 3.85. The number of amides is 2. The molecule has 0 bridgehead atoms. The average molecular weight is 338 g/mol. The zero-order valence-electron chi connectivity index (χ0n) is 13.7. The van der Waals surface area contributed by atoms with Crippen LogP contribution in [0.3, 0.4) is 0 Å². The second-order valence-electron chi connectivity index (χ2n) is 5.60. The predicted molar refractivity (Wildman–Crippen MR) is 93.2 cm³/mol. The van der Waals surface area contributed by atoms with Gasteiger partial charge in [0, 0.05) is 31.0 Å². The lowest BCUT2D eigenvalue weighted by Gasteiger charge is -2.12. The van der Waals surface area contributed by atoms with Gasteiger partial charge in [-0.05, 0) is 23.3 Å². The Labute approximate surface area is 145 Å². The number of hydrogen-bond acceptors (Lipinski definition) is 2. The lowest BCUT2D eigenvalue weighted by molar-refractivity contribution is 0.240. The smallest absolute Gasteiger partial charge is 0.315 e. The first-order valence-electron chi connectivity index (χ1n) is 8.01. The molecule has 3 aromatic rings. The number of urea groups is 1. The minimum atomic E-state index is -0.336. The number of nitrogens with one attached hydrogen (secondary N) is 2. The fraction of sp³-hybridized carbons (Fsp3) is 0.158. The molecule has 1 heterocycles. The molecule has 0 radical (unpaired) electrons. The van der Waals surface area contributed by atoms with Crippen LogP contribution in [0.1, 0.15) is 16.7 Å². The summed E-state index contributed by atoms with van der Waals surface area (Å²) in [4.78, 5) is 12.0. The van der Waals surface area contributed by atoms with Crippen LogP contribution in [0.4, 0.5) is 9.18 Å². The van der Waals surface area contributed by atoms with Gasteiger partial charge in [0.1, 0.15) is 5.82 Å². The lowest BCUT2D eigenvalue weighted by atomic mass is 10.1. The molecule has 2 amide bonds. The number of hydrogen-bond donors (Lipinski definition) is 2. The molecule has 0 saturated carbocycles. The zero-order valence-corrected chi connectivity index (χ0v) is 13.7. The molecule has 25 heavy (non-hydrogen) atoms. The molecule has 2 aromatic carbocycles. The number of carbonyl (C=O) groups is 1. The largest absolute Gasteiger partial charge is 0.334 e. The molecule has 128 valence electrons. The molecule has 0 aliphatic carbocycles. The minimum Gasteiger partial charge on any atom is -0.334 e. The van der Waals surface area contributed by atoms with Crippen LogP contribution in [0.2, 0.25) is 0 Å². The second-order valence-corrected chi connectivity index (χ2v) is 5.60. The van der Waals surface area contributed by atoms with Crippen LogP contribution in [0.5, 0.6) is 0 Å². The van der Waals surface area contributed by atoms with E-state index in [1.54, 1.807) is 24.4 Å². The molecule has 0 unspecified atom stereocenters. The summed E-state index contributed by atoms with van der Waals surface area (Å²) in [7, 11) is 0. The maximum atomic E-state index is 13.5. The molecule has 0 aliphatic rings. The number of benzene rings is 2. The van der Waals surface area contributed by atoms with E-state index in [9.17, 15) is 9.18 Å². The zero-order chi connectivity index (χ0) is 17.5. The maximum Gasteiger partial charge on any atom is 0.315 e. The Kier molecular flexibility index (Phi) is 5.41. The molecule has 0 fully saturated rings. The molecular formula is C19H19FN4O. The number of rotatable bonds is 6. The van der Waals surface area contributed by atoms with E-state index in [1.807, 2.05) is 41.2 Å². The van der Waals surface area contributed by atoms with Gasteiger partial charge in [0.05, 0.1) is 6.54 Å². The molecule has 3 rings (SSSR count). The first-order valence-corrected chi connectivity index (χ1v) is 8.01. The predicted octanol–water partition coefficient (Wildman–Crippen LogP) is 3.07. The van der Waals surface area contributed by atoms with E-state index in [4.69, 9.17) is 0 Å². The van der Waals surface area contributed by atoms with Gasteiger partial charge in [-0.25, -0.2) is 9.18 Å². The van der Waals surface area contributed by atoms with Crippen LogP contribution < -0.4 is 10.6 Å². The molecule has 0 saturated heterocycles. The Morgan fingerprint density at radius 2 is 1.56 bits per heavy atom. The summed E-state index contributed by atoms with van der Waals surface area (Å²) in [5.74, 6) is -0.327. The molecular weight excluding hydrogens is 319 g/mol. The minimum absolute atomic E-state index is 0.146. The van der Waals surface area contributed by atoms with E-state index in [-0.39, 0.29) is 18.4 Å². The van der Waals surface area contributed by atoms with Crippen LogP contribution in [-0.2, 0) is 19.6 Å². The second kappa shape index (κ2) is 8.10. The van der Waals surface area contributed by atoms with Crippen LogP contribution in [0.15, 0.2) is 67.0 Å². The highest BCUT2D eigenvalue weighted by atomic mass is 19.1. The topological polar surface area (TPSA) is 59.0 Å². The number of carbonyl (C=O) groups excluding carboxylic acids is 1. The highest BCUT2D eigenvalue weighted by Gasteiger charge is 2.07. The van der Waals surface area contributed by atoms with Gasteiger partial charge in [0.15, 0.2) is 0 Å². The van der Waals surface area contributed by atoms with Gasteiger partial charge in [0.25, 0.3) is 0 Å². The first kappa shape index (κ1) is 16.7. The van der Waals surface area contributed by atoms with Crippen molar-refractivity contribution >= 4 is 6.03 Å². The van der Waals surface area contributed by atoms with Gasteiger partial charge in [-0.15, -0.1) is 0 Å². The van der Waals surface area contributed by atoms with E-state index in [1.165, 1.54) is 6.07 Å². The summed E-state index contributed by atoms with van der Waals surface area (Å²) in [5.41, 5.74) is 2.55. The first-order chi connectivity index (χ1) is 12.2. The van der Waals surface area contributed by atoms with Gasteiger partial charge < -0.3 is 10.6 Å². The van der Waals surface area contributed by atoms with E-state index in [0.717, 1.165) is 11.1 Å². The average Bonchev–Trinajstić information content (AvgIpc) is 3.13. The molecule has 0 spiro atoms. The number of halogens is 1. The number of nitrogens with zero attached hydrogens (tertiary/aromatic N) is 2. The summed E-state index contributed by atoms with van der Waals surface area (Å²) in [5, 5.41) is 9.67. The van der Waals surface area contributed by atoms with Crippen molar-refractivity contribution in [1.29, 1.82) is 0 Å². The van der Waals surface area contributed by atoms with E-state index in [2.05, 4.69) is 15.7 Å². The van der Waals surface area contributed by atoms with Crippen molar-refractivity contribution in [1.82, 2.24) is 20.4 Å². The van der Waals surface area contributed by atoms with Crippen LogP contribution in [0, 0.1) is 5.82 Å². The number of aromatic nitrogens is 2. The lowest BCUT2D eigenvalue weighted by Crippen LogP contribution is -2.35. The Morgan fingerprint density at radius 1 is 0.920 bits per heavy atom. The van der Waals surface area contributed by atoms with Crippen LogP contribution in [-0.4, -0.2) is 15.8 Å². The van der Waals surface area contributed by atoms with Crippen molar-refractivity contribution in [3.8, 4) is 0 Å². The van der Waals surface area contributed by atoms with Crippen molar-refractivity contribution in [2.24, 2.45) is 0 Å². The molecule has 5 nitrogen and oxygen atoms in total. The summed E-state index contributed by atoms with van der Waals surface area (Å²) in [6.07, 6.45) is 3.63. The molecule has 0 atom stereocenters. The quantitative estimate of drug-likeness (QED) is 0.726. The Hall–Kier alpha value is -3.15. The van der Waals surface area contributed by atoms with Crippen molar-refractivity contribution in [3.05, 3.63) is 89.5 Å². The Morgan fingerprint density at radius 3 is 2.24 bits per heavy atom. The van der Waals surface area contributed by atoms with Crippen molar-refractivity contribution in [2.45, 2.75) is 19.6 Å². The third-order valence-corrected chi connectivity index (χ3v) is 3.85. The molecule has 6 heteroatoms. The SMILES string of the molecule is O=C(NCc1ccccc1F)NCc1ccccc1Cn1cccn1. The Bertz CT molecular complexity index is 833. The van der Waals surface area contributed by atoms with Gasteiger partial charge in [-0.1, -0.05) is 42.5 Å². The highest BCUT2D eigenvalue weighted by molar-refractivity contribution is 5.73. The Balaban J connectivity index is 1.54. The maximum absolute atomic E-state index is 13.5. The monoisotopic (exact) mass is 338 g/mol. The fourth-order valence-electron chi connectivity index (χ4n) is 2.51. The van der Waals surface area contributed by atoms with E-state index >= 15 is 0 Å². The molecule has 1 aromatic heterocycles. The fourth-order valence-corrected chi connectivity index (χ4v) is 2.51. The van der Waals surface area contributed by atoms with Gasteiger partial charge in [0.2, 0.25) is 0 Å². The summed E-state index contributed by atoms with van der Waals surface area (Å²) in [6, 6.07) is 15.8. The summed E-state index contributed by atoms with van der Waals surface area (Å²) in [6.45, 7) is 1.18. The summed E-state index contributed by atoms with van der Waals surface area (Å²) >= 11 is 0. The van der Waals surface area contributed by atoms with Gasteiger partial charge in [-0.3, -0.25) is 4.68 Å². The van der Waals surface area contributed by atoms with Crippen LogP contribution >= 0.6 is 0 Å². The third kappa shape index (κ3) is 4.67.